The summed E-state index contributed by atoms with van der Waals surface area (Å²) in [5.41, 5.74) is 11.2. The zero-order chi connectivity index (χ0) is 24.1. The number of anilines is 1. The van der Waals surface area contributed by atoms with E-state index in [-0.39, 0.29) is 23.9 Å². The number of carbonyl (C=O) groups excluding carboxylic acids is 2. The zero-order valence-corrected chi connectivity index (χ0v) is 19.6. The molecule has 2 aromatic heterocycles. The molecule has 178 valence electrons. The lowest BCUT2D eigenvalue weighted by Gasteiger charge is -2.30. The minimum atomic E-state index is -0.657. The van der Waals surface area contributed by atoms with Crippen molar-refractivity contribution < 1.29 is 14.1 Å². The van der Waals surface area contributed by atoms with E-state index in [0.717, 1.165) is 54.5 Å². The molecule has 1 saturated carbocycles. The fourth-order valence-corrected chi connectivity index (χ4v) is 4.75. The topological polar surface area (TPSA) is 123 Å². The van der Waals surface area contributed by atoms with Gasteiger partial charge in [0.25, 0.3) is 5.91 Å². The first-order valence-electron chi connectivity index (χ1n) is 11.8. The Balaban J connectivity index is 1.51. The monoisotopic (exact) mass is 461 g/mol. The average molecular weight is 462 g/mol. The highest BCUT2D eigenvalue weighted by atomic mass is 16.5. The lowest BCUT2D eigenvalue weighted by atomic mass is 9.83. The Morgan fingerprint density at radius 3 is 2.53 bits per heavy atom. The number of aromatic nitrogens is 2. The van der Waals surface area contributed by atoms with Crippen molar-refractivity contribution in [3.63, 3.8) is 0 Å². The predicted molar refractivity (Wildman–Crippen MR) is 130 cm³/mol. The molecule has 34 heavy (non-hydrogen) atoms. The molecular formula is C26H31N5O3. The summed E-state index contributed by atoms with van der Waals surface area (Å²) in [5, 5.41) is 9.68. The lowest BCUT2D eigenvalue weighted by Crippen LogP contribution is -2.49. The van der Waals surface area contributed by atoms with Gasteiger partial charge in [0.2, 0.25) is 5.91 Å². The quantitative estimate of drug-likeness (QED) is 0.486. The Morgan fingerprint density at radius 2 is 1.85 bits per heavy atom. The van der Waals surface area contributed by atoms with Crippen molar-refractivity contribution in [3.8, 4) is 11.1 Å². The van der Waals surface area contributed by atoms with Gasteiger partial charge in [-0.25, -0.2) is 0 Å². The van der Waals surface area contributed by atoms with E-state index in [4.69, 9.17) is 10.3 Å². The van der Waals surface area contributed by atoms with Gasteiger partial charge in [-0.05, 0) is 61.9 Å². The van der Waals surface area contributed by atoms with E-state index in [9.17, 15) is 9.59 Å². The van der Waals surface area contributed by atoms with Crippen molar-refractivity contribution in [3.05, 3.63) is 65.3 Å². The summed E-state index contributed by atoms with van der Waals surface area (Å²) in [6.45, 7) is 4.13. The number of aryl methyl sites for hydroxylation is 2. The minimum absolute atomic E-state index is 0.0684. The molecule has 8 nitrogen and oxygen atoms in total. The van der Waals surface area contributed by atoms with Gasteiger partial charge in [-0.2, -0.15) is 0 Å². The Bertz CT molecular complexity index is 1130. The van der Waals surface area contributed by atoms with E-state index in [0.29, 0.717) is 11.4 Å². The van der Waals surface area contributed by atoms with Gasteiger partial charge < -0.3 is 20.9 Å². The SMILES string of the molecule is Cc1ccnc(C)c1-c1ccc(NC(=O)C(NC(=O)c2conc2CN)C2CCCCC2)cc1. The number of benzene rings is 1. The number of pyridine rings is 1. The largest absolute Gasteiger partial charge is 0.364 e. The maximum Gasteiger partial charge on any atom is 0.257 e. The minimum Gasteiger partial charge on any atom is -0.364 e. The van der Waals surface area contributed by atoms with E-state index >= 15 is 0 Å². The molecule has 2 amide bonds. The summed E-state index contributed by atoms with van der Waals surface area (Å²) in [7, 11) is 0. The molecule has 8 heteroatoms. The Labute approximate surface area is 199 Å². The highest BCUT2D eigenvalue weighted by molar-refractivity contribution is 6.01. The number of nitrogens with zero attached hydrogens (tertiary/aromatic N) is 2. The Kier molecular flexibility index (Phi) is 7.37. The van der Waals surface area contributed by atoms with Crippen LogP contribution in [0.2, 0.25) is 0 Å². The van der Waals surface area contributed by atoms with Gasteiger partial charge in [0.15, 0.2) is 0 Å². The maximum atomic E-state index is 13.3. The number of nitrogens with two attached hydrogens (primary N) is 1. The van der Waals surface area contributed by atoms with Gasteiger partial charge in [-0.15, -0.1) is 0 Å². The van der Waals surface area contributed by atoms with Gasteiger partial charge in [-0.3, -0.25) is 14.6 Å². The summed E-state index contributed by atoms with van der Waals surface area (Å²) in [4.78, 5) is 30.6. The van der Waals surface area contributed by atoms with Crippen LogP contribution in [0.1, 0.15) is 59.4 Å². The first-order chi connectivity index (χ1) is 16.5. The fraction of sp³-hybridized carbons (Fsp3) is 0.385. The molecule has 3 aromatic rings. The molecule has 0 spiro atoms. The Hall–Kier alpha value is -3.52. The average Bonchev–Trinajstić information content (AvgIpc) is 3.33. The molecule has 1 atom stereocenters. The van der Waals surface area contributed by atoms with Crippen LogP contribution in [-0.2, 0) is 11.3 Å². The molecule has 0 aliphatic heterocycles. The third-order valence-electron chi connectivity index (χ3n) is 6.56. The standard InChI is InChI=1S/C26H31N5O3/c1-16-12-13-28-17(2)23(16)18-8-10-20(11-9-18)29-26(33)24(19-6-4-3-5-7-19)30-25(32)21-15-34-31-22(21)14-27/h8-13,15,19,24H,3-7,14,27H2,1-2H3,(H,29,33)(H,30,32). The normalized spacial score (nSPS) is 15.0. The zero-order valence-electron chi connectivity index (χ0n) is 19.6. The third kappa shape index (κ3) is 5.17. The van der Waals surface area contributed by atoms with Gasteiger partial charge >= 0.3 is 0 Å². The van der Waals surface area contributed by atoms with Crippen LogP contribution in [-0.4, -0.2) is 28.0 Å². The maximum absolute atomic E-state index is 13.3. The molecule has 4 N–H and O–H groups in total. The second-order valence-corrected chi connectivity index (χ2v) is 8.88. The van der Waals surface area contributed by atoms with Crippen LogP contribution in [0.4, 0.5) is 5.69 Å². The summed E-state index contributed by atoms with van der Waals surface area (Å²) in [6.07, 6.45) is 8.10. The van der Waals surface area contributed by atoms with Crippen LogP contribution in [0.15, 0.2) is 47.3 Å². The number of nitrogens with one attached hydrogen (secondary N) is 2. The predicted octanol–water partition coefficient (Wildman–Crippen LogP) is 4.13. The van der Waals surface area contributed by atoms with E-state index in [1.165, 1.54) is 6.26 Å². The van der Waals surface area contributed by atoms with E-state index in [1.54, 1.807) is 6.20 Å². The molecule has 0 radical (unpaired) electrons. The van der Waals surface area contributed by atoms with E-state index in [2.05, 4.69) is 27.7 Å². The molecule has 0 bridgehead atoms. The van der Waals surface area contributed by atoms with Crippen molar-refractivity contribution in [1.29, 1.82) is 0 Å². The molecule has 4 rings (SSSR count). The van der Waals surface area contributed by atoms with Gasteiger partial charge in [0, 0.05) is 29.7 Å². The smallest absolute Gasteiger partial charge is 0.257 e. The molecule has 1 aliphatic rings. The van der Waals surface area contributed by atoms with Crippen molar-refractivity contribution in [2.45, 2.75) is 58.5 Å². The van der Waals surface area contributed by atoms with Crippen LogP contribution in [0.25, 0.3) is 11.1 Å². The number of rotatable bonds is 7. The van der Waals surface area contributed by atoms with E-state index in [1.807, 2.05) is 37.3 Å². The van der Waals surface area contributed by atoms with Crippen LogP contribution in [0.3, 0.4) is 0 Å². The second-order valence-electron chi connectivity index (χ2n) is 8.88. The highest BCUT2D eigenvalue weighted by Gasteiger charge is 2.32. The molecule has 2 heterocycles. The van der Waals surface area contributed by atoms with Crippen LogP contribution in [0.5, 0.6) is 0 Å². The number of hydrogen-bond acceptors (Lipinski definition) is 6. The number of carbonyl (C=O) groups is 2. The molecular weight excluding hydrogens is 430 g/mol. The van der Waals surface area contributed by atoms with Crippen LogP contribution >= 0.6 is 0 Å². The van der Waals surface area contributed by atoms with E-state index < -0.39 is 11.9 Å². The molecule has 1 aromatic carbocycles. The molecule has 0 saturated heterocycles. The lowest BCUT2D eigenvalue weighted by molar-refractivity contribution is -0.119. The molecule has 1 aliphatic carbocycles. The molecule has 1 unspecified atom stereocenters. The van der Waals surface area contributed by atoms with Crippen LogP contribution < -0.4 is 16.4 Å². The van der Waals surface area contributed by atoms with Crippen LogP contribution in [0, 0.1) is 19.8 Å². The van der Waals surface area contributed by atoms with Gasteiger partial charge in [0.05, 0.1) is 0 Å². The third-order valence-corrected chi connectivity index (χ3v) is 6.56. The first-order valence-corrected chi connectivity index (χ1v) is 11.8. The number of hydrogen-bond donors (Lipinski definition) is 3. The Morgan fingerprint density at radius 1 is 1.12 bits per heavy atom. The van der Waals surface area contributed by atoms with Crippen molar-refractivity contribution in [1.82, 2.24) is 15.5 Å². The first kappa shape index (κ1) is 23.6. The summed E-state index contributed by atoms with van der Waals surface area (Å²) >= 11 is 0. The van der Waals surface area contributed by atoms with Crippen molar-refractivity contribution in [2.24, 2.45) is 11.7 Å². The number of amides is 2. The fourth-order valence-electron chi connectivity index (χ4n) is 4.75. The summed E-state index contributed by atoms with van der Waals surface area (Å²) < 4.78 is 4.91. The molecule has 1 fully saturated rings. The summed E-state index contributed by atoms with van der Waals surface area (Å²) in [5.74, 6) is -0.559. The highest BCUT2D eigenvalue weighted by Crippen LogP contribution is 2.29. The van der Waals surface area contributed by atoms with Crippen molar-refractivity contribution >= 4 is 17.5 Å². The van der Waals surface area contributed by atoms with Gasteiger partial charge in [-0.1, -0.05) is 36.6 Å². The summed E-state index contributed by atoms with van der Waals surface area (Å²) in [6, 6.07) is 9.05. The van der Waals surface area contributed by atoms with Gasteiger partial charge in [0.1, 0.15) is 23.6 Å². The second kappa shape index (κ2) is 10.6. The van der Waals surface area contributed by atoms with Crippen molar-refractivity contribution in [2.75, 3.05) is 5.32 Å².